The molecular formula is C16H20N4. The van der Waals surface area contributed by atoms with Gasteiger partial charge in [0, 0.05) is 17.7 Å². The number of nitrogen functional groups attached to an aromatic ring is 1. The highest BCUT2D eigenvalue weighted by Crippen LogP contribution is 2.34. The number of rotatable bonds is 5. The Labute approximate surface area is 119 Å². The predicted molar refractivity (Wildman–Crippen MR) is 82.3 cm³/mol. The van der Waals surface area contributed by atoms with Gasteiger partial charge >= 0.3 is 0 Å². The van der Waals surface area contributed by atoms with E-state index in [2.05, 4.69) is 22.2 Å². The standard InChI is InChI=1S/C16H20N4/c1-11(9-12-7-8-12)18-15-10-14(17)19-16(20-15)13-5-3-2-4-6-13/h2-6,10-12H,7-9H2,1H3,(H3,17,18,19,20). The van der Waals surface area contributed by atoms with Crippen molar-refractivity contribution in [1.29, 1.82) is 0 Å². The van der Waals surface area contributed by atoms with Crippen LogP contribution >= 0.6 is 0 Å². The normalized spacial score (nSPS) is 15.8. The minimum Gasteiger partial charge on any atom is -0.384 e. The van der Waals surface area contributed by atoms with E-state index in [0.29, 0.717) is 17.7 Å². The molecule has 0 radical (unpaired) electrons. The molecule has 3 rings (SSSR count). The second-order valence-corrected chi connectivity index (χ2v) is 5.59. The van der Waals surface area contributed by atoms with Crippen LogP contribution in [0.1, 0.15) is 26.2 Å². The molecule has 1 fully saturated rings. The molecule has 3 N–H and O–H groups in total. The van der Waals surface area contributed by atoms with Crippen molar-refractivity contribution in [3.8, 4) is 11.4 Å². The summed E-state index contributed by atoms with van der Waals surface area (Å²) >= 11 is 0. The van der Waals surface area contributed by atoms with E-state index in [1.165, 1.54) is 19.3 Å². The van der Waals surface area contributed by atoms with E-state index in [0.717, 1.165) is 17.3 Å². The topological polar surface area (TPSA) is 63.8 Å². The molecule has 1 aliphatic rings. The van der Waals surface area contributed by atoms with Gasteiger partial charge in [-0.2, -0.15) is 0 Å². The zero-order chi connectivity index (χ0) is 13.9. The van der Waals surface area contributed by atoms with E-state index in [4.69, 9.17) is 5.73 Å². The number of hydrogen-bond donors (Lipinski definition) is 2. The first kappa shape index (κ1) is 12.9. The van der Waals surface area contributed by atoms with E-state index in [1.807, 2.05) is 30.3 Å². The number of anilines is 2. The minimum absolute atomic E-state index is 0.417. The fraction of sp³-hybridized carbons (Fsp3) is 0.375. The molecule has 1 aliphatic carbocycles. The summed E-state index contributed by atoms with van der Waals surface area (Å²) in [6.07, 6.45) is 3.94. The zero-order valence-corrected chi connectivity index (χ0v) is 11.7. The van der Waals surface area contributed by atoms with Gasteiger partial charge in [-0.15, -0.1) is 0 Å². The third kappa shape index (κ3) is 3.26. The first-order valence-electron chi connectivity index (χ1n) is 7.17. The maximum atomic E-state index is 5.89. The molecule has 1 aromatic carbocycles. The Hall–Kier alpha value is -2.10. The van der Waals surface area contributed by atoms with Crippen LogP contribution in [0.2, 0.25) is 0 Å². The van der Waals surface area contributed by atoms with Crippen molar-refractivity contribution in [2.75, 3.05) is 11.1 Å². The highest BCUT2D eigenvalue weighted by molar-refractivity contribution is 5.60. The van der Waals surface area contributed by atoms with E-state index in [-0.39, 0.29) is 0 Å². The average molecular weight is 268 g/mol. The highest BCUT2D eigenvalue weighted by Gasteiger charge is 2.23. The minimum atomic E-state index is 0.417. The van der Waals surface area contributed by atoms with Crippen molar-refractivity contribution in [2.45, 2.75) is 32.2 Å². The van der Waals surface area contributed by atoms with Crippen LogP contribution in [0.4, 0.5) is 11.6 Å². The number of nitrogens with one attached hydrogen (secondary N) is 1. The summed E-state index contributed by atoms with van der Waals surface area (Å²) in [5, 5.41) is 3.43. The lowest BCUT2D eigenvalue weighted by atomic mass is 10.1. The Kier molecular flexibility index (Phi) is 3.54. The SMILES string of the molecule is CC(CC1CC1)Nc1cc(N)nc(-c2ccccc2)n1. The number of hydrogen-bond acceptors (Lipinski definition) is 4. The van der Waals surface area contributed by atoms with Gasteiger partial charge in [-0.05, 0) is 19.3 Å². The first-order valence-corrected chi connectivity index (χ1v) is 7.17. The molecule has 20 heavy (non-hydrogen) atoms. The highest BCUT2D eigenvalue weighted by atomic mass is 15.1. The molecular weight excluding hydrogens is 248 g/mol. The number of benzene rings is 1. The van der Waals surface area contributed by atoms with Crippen LogP contribution in [-0.2, 0) is 0 Å². The lowest BCUT2D eigenvalue weighted by molar-refractivity contribution is 0.640. The van der Waals surface area contributed by atoms with Crippen molar-refractivity contribution in [2.24, 2.45) is 5.92 Å². The van der Waals surface area contributed by atoms with Crippen molar-refractivity contribution >= 4 is 11.6 Å². The van der Waals surface area contributed by atoms with Gasteiger partial charge < -0.3 is 11.1 Å². The Morgan fingerprint density at radius 1 is 1.25 bits per heavy atom. The number of aromatic nitrogens is 2. The molecule has 4 nitrogen and oxygen atoms in total. The van der Waals surface area contributed by atoms with Crippen LogP contribution in [0, 0.1) is 5.92 Å². The second kappa shape index (κ2) is 5.49. The fourth-order valence-corrected chi connectivity index (χ4v) is 2.42. The summed E-state index contributed by atoms with van der Waals surface area (Å²) < 4.78 is 0. The van der Waals surface area contributed by atoms with Crippen LogP contribution in [0.15, 0.2) is 36.4 Å². The van der Waals surface area contributed by atoms with Gasteiger partial charge in [-0.3, -0.25) is 0 Å². The maximum Gasteiger partial charge on any atom is 0.163 e. The molecule has 4 heteroatoms. The number of nitrogens with two attached hydrogens (primary N) is 1. The largest absolute Gasteiger partial charge is 0.384 e. The van der Waals surface area contributed by atoms with Gasteiger partial charge in [0.05, 0.1) is 0 Å². The third-order valence-electron chi connectivity index (χ3n) is 3.56. The van der Waals surface area contributed by atoms with Gasteiger partial charge in [0.1, 0.15) is 11.6 Å². The molecule has 1 heterocycles. The first-order chi connectivity index (χ1) is 9.70. The fourth-order valence-electron chi connectivity index (χ4n) is 2.42. The molecule has 0 aliphatic heterocycles. The van der Waals surface area contributed by atoms with Gasteiger partial charge in [-0.25, -0.2) is 9.97 Å². The van der Waals surface area contributed by atoms with Crippen molar-refractivity contribution in [1.82, 2.24) is 9.97 Å². The van der Waals surface area contributed by atoms with Crippen molar-refractivity contribution in [3.63, 3.8) is 0 Å². The van der Waals surface area contributed by atoms with Gasteiger partial charge in [0.15, 0.2) is 5.82 Å². The van der Waals surface area contributed by atoms with E-state index >= 15 is 0 Å². The molecule has 1 aromatic heterocycles. The van der Waals surface area contributed by atoms with Gasteiger partial charge in [-0.1, -0.05) is 43.2 Å². The van der Waals surface area contributed by atoms with Crippen molar-refractivity contribution < 1.29 is 0 Å². The smallest absolute Gasteiger partial charge is 0.163 e. The average Bonchev–Trinajstić information content (AvgIpc) is 3.23. The van der Waals surface area contributed by atoms with Gasteiger partial charge in [0.2, 0.25) is 0 Å². The Morgan fingerprint density at radius 3 is 2.70 bits per heavy atom. The van der Waals surface area contributed by atoms with Gasteiger partial charge in [0.25, 0.3) is 0 Å². The molecule has 1 unspecified atom stereocenters. The molecule has 104 valence electrons. The van der Waals surface area contributed by atoms with Crippen LogP contribution in [0.3, 0.4) is 0 Å². The Bertz CT molecular complexity index is 578. The van der Waals surface area contributed by atoms with E-state index < -0.39 is 0 Å². The molecule has 2 aromatic rings. The second-order valence-electron chi connectivity index (χ2n) is 5.59. The summed E-state index contributed by atoms with van der Waals surface area (Å²) in [6.45, 7) is 2.19. The van der Waals surface area contributed by atoms with Crippen LogP contribution in [0.5, 0.6) is 0 Å². The Morgan fingerprint density at radius 2 is 2.00 bits per heavy atom. The summed E-state index contributed by atoms with van der Waals surface area (Å²) in [7, 11) is 0. The summed E-state index contributed by atoms with van der Waals surface area (Å²) in [5.74, 6) is 2.88. The van der Waals surface area contributed by atoms with E-state index in [1.54, 1.807) is 6.07 Å². The molecule has 0 spiro atoms. The summed E-state index contributed by atoms with van der Waals surface area (Å²) in [4.78, 5) is 8.88. The monoisotopic (exact) mass is 268 g/mol. The van der Waals surface area contributed by atoms with Crippen molar-refractivity contribution in [3.05, 3.63) is 36.4 Å². The maximum absolute atomic E-state index is 5.89. The molecule has 0 bridgehead atoms. The predicted octanol–water partition coefficient (Wildman–Crippen LogP) is 3.33. The Balaban J connectivity index is 1.79. The lowest BCUT2D eigenvalue weighted by Gasteiger charge is -2.15. The molecule has 1 saturated carbocycles. The quantitative estimate of drug-likeness (QED) is 0.873. The third-order valence-corrected chi connectivity index (χ3v) is 3.56. The van der Waals surface area contributed by atoms with Crippen LogP contribution < -0.4 is 11.1 Å². The van der Waals surface area contributed by atoms with E-state index in [9.17, 15) is 0 Å². The number of nitrogens with zero attached hydrogens (tertiary/aromatic N) is 2. The molecule has 1 atom stereocenters. The molecule has 0 amide bonds. The van der Waals surface area contributed by atoms with Crippen LogP contribution in [-0.4, -0.2) is 16.0 Å². The zero-order valence-electron chi connectivity index (χ0n) is 11.7. The summed E-state index contributed by atoms with van der Waals surface area (Å²) in [6, 6.07) is 12.1. The molecule has 0 saturated heterocycles. The van der Waals surface area contributed by atoms with Crippen LogP contribution in [0.25, 0.3) is 11.4 Å². The lowest BCUT2D eigenvalue weighted by Crippen LogP contribution is -2.17. The summed E-state index contributed by atoms with van der Waals surface area (Å²) in [5.41, 5.74) is 6.88.